The zero-order valence-corrected chi connectivity index (χ0v) is 9.23. The Kier molecular flexibility index (Phi) is 4.59. The van der Waals surface area contributed by atoms with Gasteiger partial charge in [-0.25, -0.2) is 0 Å². The summed E-state index contributed by atoms with van der Waals surface area (Å²) < 4.78 is 5.53. The third-order valence-electron chi connectivity index (χ3n) is 1.97. The number of aliphatic hydroxyl groups is 2. The van der Waals surface area contributed by atoms with Gasteiger partial charge in [0.25, 0.3) is 0 Å². The van der Waals surface area contributed by atoms with Crippen LogP contribution in [0.1, 0.15) is 25.0 Å². The van der Waals surface area contributed by atoms with E-state index in [4.69, 9.17) is 14.9 Å². The molecule has 1 rings (SSSR count). The molecule has 0 fully saturated rings. The van der Waals surface area contributed by atoms with Crippen molar-refractivity contribution in [2.45, 2.75) is 27.1 Å². The minimum atomic E-state index is -0.0358. The van der Waals surface area contributed by atoms with Crippen LogP contribution in [0, 0.1) is 5.92 Å². The Morgan fingerprint density at radius 1 is 1.07 bits per heavy atom. The summed E-state index contributed by atoms with van der Waals surface area (Å²) in [5, 5.41) is 18.0. The van der Waals surface area contributed by atoms with Gasteiger partial charge in [0.15, 0.2) is 0 Å². The fourth-order valence-electron chi connectivity index (χ4n) is 1.26. The smallest absolute Gasteiger partial charge is 0.120 e. The highest BCUT2D eigenvalue weighted by Gasteiger charge is 2.02. The van der Waals surface area contributed by atoms with Gasteiger partial charge in [0.05, 0.1) is 19.8 Å². The van der Waals surface area contributed by atoms with Crippen LogP contribution in [0.5, 0.6) is 5.75 Å². The molecule has 0 radical (unpaired) electrons. The van der Waals surface area contributed by atoms with Gasteiger partial charge in [-0.1, -0.05) is 19.9 Å². The van der Waals surface area contributed by atoms with E-state index in [1.807, 2.05) is 0 Å². The van der Waals surface area contributed by atoms with Crippen molar-refractivity contribution in [1.82, 2.24) is 0 Å². The third kappa shape index (κ3) is 3.90. The van der Waals surface area contributed by atoms with Gasteiger partial charge >= 0.3 is 0 Å². The summed E-state index contributed by atoms with van der Waals surface area (Å²) in [6.07, 6.45) is 0. The number of hydrogen-bond donors (Lipinski definition) is 2. The molecule has 0 bridgehead atoms. The lowest BCUT2D eigenvalue weighted by molar-refractivity contribution is 0.259. The summed E-state index contributed by atoms with van der Waals surface area (Å²) in [5.41, 5.74) is 1.53. The third-order valence-corrected chi connectivity index (χ3v) is 1.97. The topological polar surface area (TPSA) is 49.7 Å². The Bertz CT molecular complexity index is 285. The van der Waals surface area contributed by atoms with Crippen LogP contribution in [-0.4, -0.2) is 16.8 Å². The minimum Gasteiger partial charge on any atom is -0.493 e. The molecule has 0 aliphatic carbocycles. The molecule has 0 aliphatic heterocycles. The van der Waals surface area contributed by atoms with Crippen molar-refractivity contribution in [3.63, 3.8) is 0 Å². The second-order valence-electron chi connectivity index (χ2n) is 4.01. The summed E-state index contributed by atoms with van der Waals surface area (Å²) in [4.78, 5) is 0. The molecule has 0 aliphatic rings. The van der Waals surface area contributed by atoms with Crippen molar-refractivity contribution in [3.05, 3.63) is 29.3 Å². The van der Waals surface area contributed by atoms with Crippen molar-refractivity contribution in [2.75, 3.05) is 6.61 Å². The first-order valence-electron chi connectivity index (χ1n) is 5.13. The maximum Gasteiger partial charge on any atom is 0.120 e. The van der Waals surface area contributed by atoms with Crippen LogP contribution in [0.3, 0.4) is 0 Å². The molecule has 0 saturated carbocycles. The van der Waals surface area contributed by atoms with Crippen LogP contribution < -0.4 is 4.74 Å². The lowest BCUT2D eigenvalue weighted by atomic mass is 10.1. The molecule has 0 amide bonds. The molecule has 3 nitrogen and oxygen atoms in total. The first-order chi connectivity index (χ1) is 7.15. The van der Waals surface area contributed by atoms with Crippen molar-refractivity contribution < 1.29 is 14.9 Å². The van der Waals surface area contributed by atoms with Gasteiger partial charge in [0, 0.05) is 0 Å². The van der Waals surface area contributed by atoms with Crippen LogP contribution in [0.15, 0.2) is 18.2 Å². The SMILES string of the molecule is CC(C)COc1cc(CO)cc(CO)c1. The van der Waals surface area contributed by atoms with Crippen molar-refractivity contribution >= 4 is 0 Å². The monoisotopic (exact) mass is 210 g/mol. The molecule has 0 spiro atoms. The van der Waals surface area contributed by atoms with Gasteiger partial charge in [0.1, 0.15) is 5.75 Å². The molecule has 2 N–H and O–H groups in total. The number of ether oxygens (including phenoxy) is 1. The van der Waals surface area contributed by atoms with Crippen molar-refractivity contribution in [1.29, 1.82) is 0 Å². The molecule has 0 aromatic heterocycles. The Balaban J connectivity index is 2.77. The quantitative estimate of drug-likeness (QED) is 0.777. The summed E-state index contributed by atoms with van der Waals surface area (Å²) in [5.74, 6) is 1.17. The van der Waals surface area contributed by atoms with Gasteiger partial charge in [-0.3, -0.25) is 0 Å². The van der Waals surface area contributed by atoms with Gasteiger partial charge < -0.3 is 14.9 Å². The summed E-state index contributed by atoms with van der Waals surface area (Å²) in [6, 6.07) is 5.35. The second-order valence-corrected chi connectivity index (χ2v) is 4.01. The summed E-state index contributed by atoms with van der Waals surface area (Å²) in [6.45, 7) is 4.71. The predicted molar refractivity (Wildman–Crippen MR) is 58.6 cm³/mol. The van der Waals surface area contributed by atoms with Crippen LogP contribution in [0.25, 0.3) is 0 Å². The first kappa shape index (κ1) is 12.0. The molecule has 0 unspecified atom stereocenters. The van der Waals surface area contributed by atoms with E-state index in [1.54, 1.807) is 18.2 Å². The van der Waals surface area contributed by atoms with Crippen molar-refractivity contribution in [3.8, 4) is 5.75 Å². The van der Waals surface area contributed by atoms with E-state index in [0.29, 0.717) is 18.3 Å². The zero-order chi connectivity index (χ0) is 11.3. The summed E-state index contributed by atoms with van der Waals surface area (Å²) >= 11 is 0. The Hall–Kier alpha value is -1.06. The number of hydrogen-bond acceptors (Lipinski definition) is 3. The van der Waals surface area contributed by atoms with Gasteiger partial charge in [0.2, 0.25) is 0 Å². The molecule has 1 aromatic carbocycles. The highest BCUT2D eigenvalue weighted by Crippen LogP contribution is 2.18. The molecule has 0 saturated heterocycles. The van der Waals surface area contributed by atoms with Crippen LogP contribution >= 0.6 is 0 Å². The highest BCUT2D eigenvalue weighted by molar-refractivity contribution is 5.33. The van der Waals surface area contributed by atoms with Gasteiger partial charge in [-0.15, -0.1) is 0 Å². The Morgan fingerprint density at radius 2 is 1.60 bits per heavy atom. The van der Waals surface area contributed by atoms with E-state index in [0.717, 1.165) is 11.1 Å². The molecular weight excluding hydrogens is 192 g/mol. The van der Waals surface area contributed by atoms with E-state index < -0.39 is 0 Å². The number of benzene rings is 1. The first-order valence-corrected chi connectivity index (χ1v) is 5.13. The lowest BCUT2D eigenvalue weighted by Gasteiger charge is -2.11. The highest BCUT2D eigenvalue weighted by atomic mass is 16.5. The summed E-state index contributed by atoms with van der Waals surface area (Å²) in [7, 11) is 0. The molecule has 15 heavy (non-hydrogen) atoms. The molecule has 0 atom stereocenters. The van der Waals surface area contributed by atoms with E-state index in [2.05, 4.69) is 13.8 Å². The fourth-order valence-corrected chi connectivity index (χ4v) is 1.26. The minimum absolute atomic E-state index is 0.0358. The van der Waals surface area contributed by atoms with Crippen LogP contribution in [0.2, 0.25) is 0 Å². The maximum atomic E-state index is 9.02. The van der Waals surface area contributed by atoms with Crippen LogP contribution in [-0.2, 0) is 13.2 Å². The van der Waals surface area contributed by atoms with E-state index in [9.17, 15) is 0 Å². The Labute approximate surface area is 90.3 Å². The normalized spacial score (nSPS) is 10.7. The molecule has 1 aromatic rings. The Morgan fingerprint density at radius 3 is 2.00 bits per heavy atom. The van der Waals surface area contributed by atoms with Crippen LogP contribution in [0.4, 0.5) is 0 Å². The lowest BCUT2D eigenvalue weighted by Crippen LogP contribution is -2.05. The van der Waals surface area contributed by atoms with Crippen molar-refractivity contribution in [2.24, 2.45) is 5.92 Å². The number of aliphatic hydroxyl groups excluding tert-OH is 2. The van der Waals surface area contributed by atoms with E-state index in [1.165, 1.54) is 0 Å². The average Bonchev–Trinajstić information content (AvgIpc) is 2.25. The van der Waals surface area contributed by atoms with E-state index in [-0.39, 0.29) is 13.2 Å². The predicted octanol–water partition coefficient (Wildman–Crippen LogP) is 1.71. The molecule has 84 valence electrons. The van der Waals surface area contributed by atoms with Gasteiger partial charge in [-0.2, -0.15) is 0 Å². The molecular formula is C12H18O3. The van der Waals surface area contributed by atoms with Gasteiger partial charge in [-0.05, 0) is 29.2 Å². The average molecular weight is 210 g/mol. The second kappa shape index (κ2) is 5.73. The zero-order valence-electron chi connectivity index (χ0n) is 9.23. The largest absolute Gasteiger partial charge is 0.493 e. The fraction of sp³-hybridized carbons (Fsp3) is 0.500. The molecule has 3 heteroatoms. The molecule has 0 heterocycles. The maximum absolute atomic E-state index is 9.02. The standard InChI is InChI=1S/C12H18O3/c1-9(2)8-15-12-4-10(6-13)3-11(5-12)7-14/h3-5,9,13-14H,6-8H2,1-2H3. The van der Waals surface area contributed by atoms with E-state index >= 15 is 0 Å². The number of rotatable bonds is 5.